The molecule has 2 saturated carbocycles. The topological polar surface area (TPSA) is 102 Å². The normalized spacial score (nSPS) is 27.0. The summed E-state index contributed by atoms with van der Waals surface area (Å²) in [7, 11) is 4.23. The summed E-state index contributed by atoms with van der Waals surface area (Å²) in [5, 5.41) is 2.88. The Morgan fingerprint density at radius 3 is 2.57 bits per heavy atom. The molecule has 1 amide bonds. The molecule has 5 unspecified atom stereocenters. The van der Waals surface area contributed by atoms with Crippen molar-refractivity contribution in [3.8, 4) is 0 Å². The number of aromatic amines is 1. The number of hydrogen-bond acceptors (Lipinski definition) is 3. The van der Waals surface area contributed by atoms with Crippen molar-refractivity contribution in [2.24, 2.45) is 28.8 Å². The number of amides is 1. The molecule has 2 fully saturated rings. The van der Waals surface area contributed by atoms with Crippen LogP contribution in [0.4, 0.5) is 0 Å². The van der Waals surface area contributed by atoms with Gasteiger partial charge in [0.1, 0.15) is 6.29 Å². The van der Waals surface area contributed by atoms with Gasteiger partial charge in [-0.25, -0.2) is 0 Å². The lowest BCUT2D eigenvalue weighted by molar-refractivity contribution is -0.113. The van der Waals surface area contributed by atoms with E-state index in [1.54, 1.807) is 12.3 Å². The van der Waals surface area contributed by atoms with Crippen molar-refractivity contribution in [3.63, 3.8) is 0 Å². The van der Waals surface area contributed by atoms with Crippen molar-refractivity contribution in [3.05, 3.63) is 70.4 Å². The summed E-state index contributed by atoms with van der Waals surface area (Å²) >= 11 is 0. The number of rotatable bonds is 5. The molecule has 0 aliphatic heterocycles. The van der Waals surface area contributed by atoms with Crippen molar-refractivity contribution < 1.29 is 9.59 Å². The van der Waals surface area contributed by atoms with Crippen molar-refractivity contribution in [2.45, 2.75) is 31.7 Å². The van der Waals surface area contributed by atoms with Crippen LogP contribution in [0.15, 0.2) is 53.8 Å². The number of benzene rings is 1. The zero-order valence-electron chi connectivity index (χ0n) is 17.5. The molecule has 1 aromatic carbocycles. The molecule has 7 heteroatoms. The molecule has 1 N–H and O–H groups in total. The predicted octanol–water partition coefficient (Wildman–Crippen LogP) is 4.49. The largest absolute Gasteiger partial charge is 0.359 e. The summed E-state index contributed by atoms with van der Waals surface area (Å²) in [6.07, 6.45) is 7.78. The number of azide groups is 1. The van der Waals surface area contributed by atoms with Gasteiger partial charge in [0.05, 0.1) is 5.69 Å². The Hall–Kier alpha value is -2.89. The lowest BCUT2D eigenvalue weighted by Crippen LogP contribution is -2.34. The number of aromatic nitrogens is 1. The molecule has 0 spiro atoms. The van der Waals surface area contributed by atoms with Gasteiger partial charge in [-0.15, -0.1) is 0 Å². The number of hydrogen-bond donors (Lipinski definition) is 1. The van der Waals surface area contributed by atoms with Gasteiger partial charge in [-0.1, -0.05) is 30.3 Å². The fraction of sp³-hybridized carbons (Fsp3) is 0.478. The predicted molar refractivity (Wildman–Crippen MR) is 116 cm³/mol. The van der Waals surface area contributed by atoms with Crippen LogP contribution in [0.1, 0.15) is 35.3 Å². The number of nitrogens with zero attached hydrogens (tertiary/aromatic N) is 4. The second-order valence-electron chi connectivity index (χ2n) is 8.51. The third-order valence-electron chi connectivity index (χ3n) is 6.48. The van der Waals surface area contributed by atoms with Gasteiger partial charge in [0.2, 0.25) is 0 Å². The maximum absolute atomic E-state index is 11.5. The molecule has 2 aliphatic carbocycles. The molecule has 2 aliphatic rings. The Labute approximate surface area is 177 Å². The highest BCUT2D eigenvalue weighted by Gasteiger charge is 2.48. The molecule has 2 aromatic rings. The first-order chi connectivity index (χ1) is 14.5. The minimum atomic E-state index is -0.590. The standard InChI is InChI=1S/C18H25NO.C5H4N4O/c1-19(2)18-11-15-9-14(10-16(15)17(18)12-20)8-13-6-4-3-5-7-13;6-9-8-5(10)4-2-1-3-7-4/h3-7,12,14-18H,8-11H2,1-2H3;1-3,7H. The molecule has 0 bridgehead atoms. The number of carbonyl (C=O) groups is 2. The summed E-state index contributed by atoms with van der Waals surface area (Å²) in [5.74, 6) is 1.85. The Kier molecular flexibility index (Phi) is 7.44. The van der Waals surface area contributed by atoms with Crippen molar-refractivity contribution in [1.29, 1.82) is 0 Å². The average Bonchev–Trinajstić information content (AvgIpc) is 3.45. The lowest BCUT2D eigenvalue weighted by Gasteiger charge is -2.26. The monoisotopic (exact) mass is 407 g/mol. The van der Waals surface area contributed by atoms with E-state index in [0.29, 0.717) is 17.7 Å². The van der Waals surface area contributed by atoms with E-state index in [1.165, 1.54) is 43.6 Å². The van der Waals surface area contributed by atoms with E-state index in [4.69, 9.17) is 5.53 Å². The minimum absolute atomic E-state index is 0.260. The van der Waals surface area contributed by atoms with Gasteiger partial charge < -0.3 is 14.7 Å². The molecule has 1 aromatic heterocycles. The summed E-state index contributed by atoms with van der Waals surface area (Å²) in [4.78, 5) is 29.4. The quantitative estimate of drug-likeness (QED) is 0.342. The summed E-state index contributed by atoms with van der Waals surface area (Å²) in [6.45, 7) is 0. The van der Waals surface area contributed by atoms with Crippen LogP contribution in [-0.4, -0.2) is 42.2 Å². The fourth-order valence-electron chi connectivity index (χ4n) is 5.19. The molecule has 0 saturated heterocycles. The van der Waals surface area contributed by atoms with Crippen molar-refractivity contribution in [2.75, 3.05) is 14.1 Å². The first-order valence-electron chi connectivity index (χ1n) is 10.4. The van der Waals surface area contributed by atoms with E-state index >= 15 is 0 Å². The van der Waals surface area contributed by atoms with Gasteiger partial charge in [-0.05, 0) is 85.9 Å². The molecule has 5 atom stereocenters. The third-order valence-corrected chi connectivity index (χ3v) is 6.48. The van der Waals surface area contributed by atoms with Gasteiger partial charge in [0, 0.05) is 23.1 Å². The molecule has 158 valence electrons. The molecule has 7 nitrogen and oxygen atoms in total. The zero-order chi connectivity index (χ0) is 21.5. The number of fused-ring (bicyclic) bond motifs is 1. The van der Waals surface area contributed by atoms with Gasteiger partial charge >= 0.3 is 0 Å². The molecule has 1 heterocycles. The number of aldehydes is 1. The lowest BCUT2D eigenvalue weighted by atomic mass is 9.89. The van der Waals surface area contributed by atoms with Crippen molar-refractivity contribution >= 4 is 12.2 Å². The van der Waals surface area contributed by atoms with Crippen LogP contribution < -0.4 is 0 Å². The third kappa shape index (κ3) is 5.17. The second-order valence-corrected chi connectivity index (χ2v) is 8.51. The van der Waals surface area contributed by atoms with E-state index in [9.17, 15) is 9.59 Å². The Balaban J connectivity index is 0.000000216. The molecular weight excluding hydrogens is 378 g/mol. The summed E-state index contributed by atoms with van der Waals surface area (Å²) in [5.41, 5.74) is 9.61. The van der Waals surface area contributed by atoms with Crippen LogP contribution in [-0.2, 0) is 11.2 Å². The number of carbonyl (C=O) groups excluding carboxylic acids is 2. The Bertz CT molecular complexity index is 874. The number of H-pyrrole nitrogens is 1. The summed E-state index contributed by atoms with van der Waals surface area (Å²) in [6, 6.07) is 14.5. The van der Waals surface area contributed by atoms with Gasteiger partial charge in [-0.2, -0.15) is 0 Å². The van der Waals surface area contributed by atoms with Crippen LogP contribution in [0.3, 0.4) is 0 Å². The smallest absolute Gasteiger partial charge is 0.265 e. The zero-order valence-corrected chi connectivity index (χ0v) is 17.5. The van der Waals surface area contributed by atoms with Crippen LogP contribution in [0.2, 0.25) is 0 Å². The highest BCUT2D eigenvalue weighted by atomic mass is 16.1. The first-order valence-corrected chi connectivity index (χ1v) is 10.4. The maximum Gasteiger partial charge on any atom is 0.265 e. The van der Waals surface area contributed by atoms with E-state index in [1.807, 2.05) is 0 Å². The van der Waals surface area contributed by atoms with Gasteiger partial charge in [-0.3, -0.25) is 4.79 Å². The van der Waals surface area contributed by atoms with Gasteiger partial charge in [0.25, 0.3) is 5.91 Å². The highest BCUT2D eigenvalue weighted by molar-refractivity contribution is 5.92. The molecule has 30 heavy (non-hydrogen) atoms. The first kappa shape index (κ1) is 21.8. The van der Waals surface area contributed by atoms with Crippen LogP contribution >= 0.6 is 0 Å². The van der Waals surface area contributed by atoms with Crippen molar-refractivity contribution in [1.82, 2.24) is 9.88 Å². The van der Waals surface area contributed by atoms with E-state index in [2.05, 4.69) is 64.3 Å². The van der Waals surface area contributed by atoms with Crippen LogP contribution in [0, 0.1) is 23.7 Å². The van der Waals surface area contributed by atoms with E-state index in [-0.39, 0.29) is 5.92 Å². The summed E-state index contributed by atoms with van der Waals surface area (Å²) < 4.78 is 0. The Morgan fingerprint density at radius 2 is 1.97 bits per heavy atom. The second kappa shape index (κ2) is 10.2. The maximum atomic E-state index is 11.5. The SMILES string of the molecule is CN(C)C1CC2CC(Cc3ccccc3)CC2C1C=O.[N-]=[N+]=NC(=O)c1ccc[nH]1. The van der Waals surface area contributed by atoms with Crippen LogP contribution in [0.25, 0.3) is 10.4 Å². The highest BCUT2D eigenvalue weighted by Crippen LogP contribution is 2.51. The van der Waals surface area contributed by atoms with Gasteiger partial charge in [0.15, 0.2) is 0 Å². The van der Waals surface area contributed by atoms with E-state index < -0.39 is 5.91 Å². The molecular formula is C23H29N5O2. The average molecular weight is 408 g/mol. The fourth-order valence-corrected chi connectivity index (χ4v) is 5.19. The van der Waals surface area contributed by atoms with E-state index in [0.717, 1.165) is 11.8 Å². The minimum Gasteiger partial charge on any atom is -0.359 e. The Morgan fingerprint density at radius 1 is 1.20 bits per heavy atom. The molecule has 4 rings (SSSR count). The van der Waals surface area contributed by atoms with Crippen LogP contribution in [0.5, 0.6) is 0 Å². The number of nitrogens with one attached hydrogen (secondary N) is 1. The molecule has 0 radical (unpaired) electrons.